The second-order valence-corrected chi connectivity index (χ2v) is 5.42. The molecule has 0 aliphatic rings. The number of anilines is 2. The fourth-order valence-electron chi connectivity index (χ4n) is 2.02. The molecule has 2 rings (SSSR count). The van der Waals surface area contributed by atoms with Crippen molar-refractivity contribution in [1.82, 2.24) is 19.5 Å². The van der Waals surface area contributed by atoms with Gasteiger partial charge in [-0.3, -0.25) is 14.2 Å². The second-order valence-electron chi connectivity index (χ2n) is 5.42. The van der Waals surface area contributed by atoms with E-state index in [1.165, 1.54) is 24.2 Å². The average molecular weight is 332 g/mol. The summed E-state index contributed by atoms with van der Waals surface area (Å²) in [4.78, 5) is 38.4. The lowest BCUT2D eigenvalue weighted by Crippen LogP contribution is -2.30. The molecule has 24 heavy (non-hydrogen) atoms. The van der Waals surface area contributed by atoms with Crippen molar-refractivity contribution in [3.8, 4) is 6.01 Å². The number of rotatable bonds is 5. The predicted octanol–water partition coefficient (Wildman–Crippen LogP) is 0.363. The Morgan fingerprint density at radius 2 is 2.04 bits per heavy atom. The molecule has 0 saturated carbocycles. The maximum atomic E-state index is 12.3. The van der Waals surface area contributed by atoms with Gasteiger partial charge in [0.1, 0.15) is 12.2 Å². The summed E-state index contributed by atoms with van der Waals surface area (Å²) in [5.41, 5.74) is 1.36. The summed E-state index contributed by atoms with van der Waals surface area (Å²) >= 11 is 0. The van der Waals surface area contributed by atoms with Gasteiger partial charge < -0.3 is 15.0 Å². The molecule has 9 heteroatoms. The minimum Gasteiger partial charge on any atom is -0.467 e. The molecule has 0 unspecified atom stereocenters. The van der Waals surface area contributed by atoms with Gasteiger partial charge in [0, 0.05) is 25.4 Å². The number of aryl methyl sites for hydroxylation is 1. The molecule has 0 radical (unpaired) electrons. The average Bonchev–Trinajstić information content (AvgIpc) is 2.55. The molecule has 2 aromatic rings. The molecule has 0 aliphatic carbocycles. The van der Waals surface area contributed by atoms with Crippen LogP contribution in [0.3, 0.4) is 0 Å². The van der Waals surface area contributed by atoms with Crippen molar-refractivity contribution >= 4 is 17.4 Å². The highest BCUT2D eigenvalue weighted by Gasteiger charge is 2.14. The van der Waals surface area contributed by atoms with E-state index in [2.05, 4.69) is 20.3 Å². The molecule has 2 heterocycles. The Labute approximate surface area is 139 Å². The third-order valence-electron chi connectivity index (χ3n) is 3.46. The molecular formula is C15H20N6O3. The standard InChI is InChI=1S/C15H20N6O3/c1-9-10(2)17-8-21(14(9)23)7-12(22)18-11-6-16-15(24-5)19-13(11)20(3)4/h6,8H,7H2,1-5H3,(H,18,22). The van der Waals surface area contributed by atoms with E-state index in [0.717, 1.165) is 0 Å². The van der Waals surface area contributed by atoms with Crippen LogP contribution in [-0.2, 0) is 11.3 Å². The maximum Gasteiger partial charge on any atom is 0.318 e. The van der Waals surface area contributed by atoms with Crippen molar-refractivity contribution in [3.63, 3.8) is 0 Å². The van der Waals surface area contributed by atoms with Gasteiger partial charge in [0.05, 0.1) is 19.6 Å². The number of carbonyl (C=O) groups excluding carboxylic acids is 1. The van der Waals surface area contributed by atoms with Crippen LogP contribution in [-0.4, -0.2) is 46.6 Å². The van der Waals surface area contributed by atoms with E-state index in [9.17, 15) is 9.59 Å². The highest BCUT2D eigenvalue weighted by atomic mass is 16.5. The summed E-state index contributed by atoms with van der Waals surface area (Å²) in [7, 11) is 5.04. The quantitative estimate of drug-likeness (QED) is 0.843. The molecule has 2 aromatic heterocycles. The van der Waals surface area contributed by atoms with Crippen LogP contribution >= 0.6 is 0 Å². The molecule has 0 aliphatic heterocycles. The van der Waals surface area contributed by atoms with E-state index >= 15 is 0 Å². The summed E-state index contributed by atoms with van der Waals surface area (Å²) in [6, 6.07) is 0.200. The Bertz CT molecular complexity index is 815. The van der Waals surface area contributed by atoms with Crippen molar-refractivity contribution in [2.24, 2.45) is 0 Å². The van der Waals surface area contributed by atoms with Gasteiger partial charge in [-0.1, -0.05) is 0 Å². The van der Waals surface area contributed by atoms with Gasteiger partial charge >= 0.3 is 6.01 Å². The molecule has 0 fully saturated rings. The molecule has 1 amide bonds. The Kier molecular flexibility index (Phi) is 5.12. The van der Waals surface area contributed by atoms with Gasteiger partial charge in [0.25, 0.3) is 5.56 Å². The molecule has 0 saturated heterocycles. The molecular weight excluding hydrogens is 312 g/mol. The van der Waals surface area contributed by atoms with Crippen molar-refractivity contribution in [2.75, 3.05) is 31.4 Å². The number of ether oxygens (including phenoxy) is 1. The van der Waals surface area contributed by atoms with Crippen LogP contribution in [0.5, 0.6) is 6.01 Å². The SMILES string of the molecule is COc1ncc(NC(=O)Cn2cnc(C)c(C)c2=O)c(N(C)C)n1. The predicted molar refractivity (Wildman–Crippen MR) is 89.5 cm³/mol. The number of hydrogen-bond acceptors (Lipinski definition) is 7. The topological polar surface area (TPSA) is 102 Å². The summed E-state index contributed by atoms with van der Waals surface area (Å²) < 4.78 is 6.25. The fourth-order valence-corrected chi connectivity index (χ4v) is 2.02. The van der Waals surface area contributed by atoms with Crippen molar-refractivity contribution in [2.45, 2.75) is 20.4 Å². The molecule has 9 nitrogen and oxygen atoms in total. The molecule has 0 aromatic carbocycles. The summed E-state index contributed by atoms with van der Waals surface area (Å²) in [6.07, 6.45) is 2.82. The monoisotopic (exact) mass is 332 g/mol. The molecule has 1 N–H and O–H groups in total. The molecule has 0 atom stereocenters. The van der Waals surface area contributed by atoms with Gasteiger partial charge in [-0.15, -0.1) is 0 Å². The van der Waals surface area contributed by atoms with Gasteiger partial charge in [-0.25, -0.2) is 9.97 Å². The molecule has 0 spiro atoms. The third-order valence-corrected chi connectivity index (χ3v) is 3.46. The Balaban J connectivity index is 2.22. The van der Waals surface area contributed by atoms with E-state index in [1.807, 2.05) is 0 Å². The molecule has 0 bridgehead atoms. The zero-order chi connectivity index (χ0) is 17.9. The fraction of sp³-hybridized carbons (Fsp3) is 0.400. The van der Waals surface area contributed by atoms with E-state index < -0.39 is 0 Å². The van der Waals surface area contributed by atoms with E-state index in [0.29, 0.717) is 22.8 Å². The Morgan fingerprint density at radius 3 is 2.67 bits per heavy atom. The smallest absolute Gasteiger partial charge is 0.318 e. The van der Waals surface area contributed by atoms with Gasteiger partial charge in [-0.05, 0) is 13.8 Å². The minimum atomic E-state index is -0.376. The first-order valence-corrected chi connectivity index (χ1v) is 7.24. The van der Waals surface area contributed by atoms with Crippen LogP contribution in [0.4, 0.5) is 11.5 Å². The summed E-state index contributed by atoms with van der Waals surface area (Å²) in [5.74, 6) is 0.125. The number of nitrogens with one attached hydrogen (secondary N) is 1. The normalized spacial score (nSPS) is 10.4. The van der Waals surface area contributed by atoms with Crippen LogP contribution in [0.2, 0.25) is 0 Å². The van der Waals surface area contributed by atoms with Crippen molar-refractivity contribution < 1.29 is 9.53 Å². The van der Waals surface area contributed by atoms with Gasteiger partial charge in [-0.2, -0.15) is 4.98 Å². The number of nitrogens with zero attached hydrogens (tertiary/aromatic N) is 5. The highest BCUT2D eigenvalue weighted by molar-refractivity contribution is 5.93. The first kappa shape index (κ1) is 17.4. The first-order valence-electron chi connectivity index (χ1n) is 7.24. The first-order chi connectivity index (χ1) is 11.3. The lowest BCUT2D eigenvalue weighted by Gasteiger charge is -2.17. The summed E-state index contributed by atoms with van der Waals surface area (Å²) in [5, 5.41) is 2.70. The number of methoxy groups -OCH3 is 1. The number of hydrogen-bond donors (Lipinski definition) is 1. The third kappa shape index (κ3) is 3.67. The summed E-state index contributed by atoms with van der Waals surface area (Å²) in [6.45, 7) is 3.28. The number of carbonyl (C=O) groups is 1. The van der Waals surface area contributed by atoms with E-state index in [-0.39, 0.29) is 24.0 Å². The second kappa shape index (κ2) is 7.07. The van der Waals surface area contributed by atoms with Crippen LogP contribution in [0.25, 0.3) is 0 Å². The Hall–Kier alpha value is -2.97. The van der Waals surface area contributed by atoms with Crippen LogP contribution in [0, 0.1) is 13.8 Å². The molecule has 128 valence electrons. The van der Waals surface area contributed by atoms with Crippen LogP contribution in [0.1, 0.15) is 11.3 Å². The lowest BCUT2D eigenvalue weighted by molar-refractivity contribution is -0.116. The number of aromatic nitrogens is 4. The highest BCUT2D eigenvalue weighted by Crippen LogP contribution is 2.22. The van der Waals surface area contributed by atoms with E-state index in [1.54, 1.807) is 32.8 Å². The zero-order valence-electron chi connectivity index (χ0n) is 14.3. The minimum absolute atomic E-state index is 0.147. The van der Waals surface area contributed by atoms with Crippen LogP contribution < -0.4 is 20.5 Å². The van der Waals surface area contributed by atoms with E-state index in [4.69, 9.17) is 4.74 Å². The number of amides is 1. The van der Waals surface area contributed by atoms with Gasteiger partial charge in [0.15, 0.2) is 5.82 Å². The van der Waals surface area contributed by atoms with Crippen molar-refractivity contribution in [1.29, 1.82) is 0 Å². The van der Waals surface area contributed by atoms with Gasteiger partial charge in [0.2, 0.25) is 5.91 Å². The Morgan fingerprint density at radius 1 is 1.33 bits per heavy atom. The largest absolute Gasteiger partial charge is 0.467 e. The van der Waals surface area contributed by atoms with Crippen molar-refractivity contribution in [3.05, 3.63) is 34.1 Å². The lowest BCUT2D eigenvalue weighted by atomic mass is 10.3. The zero-order valence-corrected chi connectivity index (χ0v) is 14.3. The van der Waals surface area contributed by atoms with Crippen LogP contribution in [0.15, 0.2) is 17.3 Å². The maximum absolute atomic E-state index is 12.3.